The first-order valence-corrected chi connectivity index (χ1v) is 8.70. The van der Waals surface area contributed by atoms with E-state index in [4.69, 9.17) is 0 Å². The van der Waals surface area contributed by atoms with E-state index >= 15 is 0 Å². The molecular formula is C11H22BrNO2S. The summed E-state index contributed by atoms with van der Waals surface area (Å²) in [5.41, 5.74) is -0.395. The molecule has 1 fully saturated rings. The molecule has 1 aliphatic carbocycles. The van der Waals surface area contributed by atoms with Crippen molar-refractivity contribution in [1.82, 2.24) is 4.72 Å². The maximum atomic E-state index is 11.9. The Kier molecular flexibility index (Phi) is 5.26. The molecule has 0 bridgehead atoms. The lowest BCUT2D eigenvalue weighted by atomic mass is 9.91. The van der Waals surface area contributed by atoms with Gasteiger partial charge in [0.25, 0.3) is 0 Å². The fraction of sp³-hybridized carbons (Fsp3) is 1.00. The minimum absolute atomic E-state index is 0.295. The van der Waals surface area contributed by atoms with E-state index in [1.165, 1.54) is 19.3 Å². The van der Waals surface area contributed by atoms with Gasteiger partial charge in [-0.25, -0.2) is 13.1 Å². The largest absolute Gasteiger partial charge is 0.212 e. The molecule has 0 radical (unpaired) electrons. The summed E-state index contributed by atoms with van der Waals surface area (Å²) in [5, 5.41) is 0.629. The summed E-state index contributed by atoms with van der Waals surface area (Å²) in [4.78, 5) is 0. The van der Waals surface area contributed by atoms with E-state index in [1.807, 2.05) is 13.8 Å². The minimum atomic E-state index is -3.13. The highest BCUT2D eigenvalue weighted by molar-refractivity contribution is 9.09. The topological polar surface area (TPSA) is 46.2 Å². The quantitative estimate of drug-likeness (QED) is 0.793. The molecule has 3 nitrogen and oxygen atoms in total. The molecule has 0 atom stereocenters. The van der Waals surface area contributed by atoms with Gasteiger partial charge in [0.2, 0.25) is 10.0 Å². The van der Waals surface area contributed by atoms with Crippen molar-refractivity contribution >= 4 is 26.0 Å². The van der Waals surface area contributed by atoms with Crippen LogP contribution in [0.3, 0.4) is 0 Å². The fourth-order valence-corrected chi connectivity index (χ4v) is 4.43. The molecule has 1 rings (SSSR count). The summed E-state index contributed by atoms with van der Waals surface area (Å²) < 4.78 is 26.6. The van der Waals surface area contributed by atoms with Crippen molar-refractivity contribution in [3.63, 3.8) is 0 Å². The average molecular weight is 312 g/mol. The van der Waals surface area contributed by atoms with Crippen molar-refractivity contribution in [2.75, 3.05) is 11.1 Å². The third kappa shape index (κ3) is 5.15. The summed E-state index contributed by atoms with van der Waals surface area (Å²) >= 11 is 3.32. The number of rotatable bonds is 5. The van der Waals surface area contributed by atoms with Gasteiger partial charge >= 0.3 is 0 Å². The molecule has 0 aromatic carbocycles. The first-order chi connectivity index (χ1) is 7.35. The van der Waals surface area contributed by atoms with Crippen LogP contribution >= 0.6 is 15.9 Å². The highest BCUT2D eigenvalue weighted by Crippen LogP contribution is 2.25. The Morgan fingerprint density at radius 3 is 2.31 bits per heavy atom. The van der Waals surface area contributed by atoms with Crippen molar-refractivity contribution < 1.29 is 8.42 Å². The van der Waals surface area contributed by atoms with Crippen LogP contribution in [-0.4, -0.2) is 25.0 Å². The normalized spacial score (nSPS) is 19.9. The third-order valence-electron chi connectivity index (χ3n) is 2.95. The zero-order chi connectivity index (χ0) is 12.2. The molecule has 0 aromatic heterocycles. The summed E-state index contributed by atoms with van der Waals surface area (Å²) in [6.45, 7) is 3.78. The second-order valence-corrected chi connectivity index (χ2v) is 7.73. The zero-order valence-electron chi connectivity index (χ0n) is 10.1. The molecule has 0 aliphatic heterocycles. The summed E-state index contributed by atoms with van der Waals surface area (Å²) in [6, 6.07) is 0. The Morgan fingerprint density at radius 1 is 1.25 bits per heavy atom. The first kappa shape index (κ1) is 14.5. The van der Waals surface area contributed by atoms with Gasteiger partial charge in [0.1, 0.15) is 0 Å². The summed E-state index contributed by atoms with van der Waals surface area (Å²) in [6.07, 6.45) is 5.76. The van der Waals surface area contributed by atoms with Gasteiger partial charge in [0.15, 0.2) is 0 Å². The standard InChI is InChI=1S/C11H22BrNO2S/c1-11(2,9-12)13-16(14,15)8-10-6-4-3-5-7-10/h10,13H,3-9H2,1-2H3. The molecule has 0 amide bonds. The van der Waals surface area contributed by atoms with Crippen LogP contribution in [0.25, 0.3) is 0 Å². The van der Waals surface area contributed by atoms with Gasteiger partial charge in [-0.3, -0.25) is 0 Å². The van der Waals surface area contributed by atoms with E-state index in [2.05, 4.69) is 20.7 Å². The number of hydrogen-bond donors (Lipinski definition) is 1. The highest BCUT2D eigenvalue weighted by Gasteiger charge is 2.27. The zero-order valence-corrected chi connectivity index (χ0v) is 12.5. The second-order valence-electron chi connectivity index (χ2n) is 5.41. The van der Waals surface area contributed by atoms with Crippen LogP contribution in [-0.2, 0) is 10.0 Å². The SMILES string of the molecule is CC(C)(CBr)NS(=O)(=O)CC1CCCCC1. The Morgan fingerprint density at radius 2 is 1.81 bits per heavy atom. The van der Waals surface area contributed by atoms with Gasteiger partial charge < -0.3 is 0 Å². The van der Waals surface area contributed by atoms with E-state index in [0.29, 0.717) is 17.0 Å². The fourth-order valence-electron chi connectivity index (χ4n) is 2.15. The van der Waals surface area contributed by atoms with Gasteiger partial charge in [-0.2, -0.15) is 0 Å². The molecule has 1 N–H and O–H groups in total. The van der Waals surface area contributed by atoms with Crippen LogP contribution in [0.1, 0.15) is 46.0 Å². The second kappa shape index (κ2) is 5.83. The lowest BCUT2D eigenvalue weighted by molar-refractivity contribution is 0.381. The number of alkyl halides is 1. The van der Waals surface area contributed by atoms with Gasteiger partial charge in [-0.05, 0) is 32.6 Å². The Bertz CT molecular complexity index is 308. The van der Waals surface area contributed by atoms with E-state index < -0.39 is 15.6 Å². The van der Waals surface area contributed by atoms with Crippen molar-refractivity contribution in [2.24, 2.45) is 5.92 Å². The highest BCUT2D eigenvalue weighted by atomic mass is 79.9. The number of hydrogen-bond acceptors (Lipinski definition) is 2. The van der Waals surface area contributed by atoms with Crippen molar-refractivity contribution in [2.45, 2.75) is 51.5 Å². The van der Waals surface area contributed by atoms with Gasteiger partial charge in [-0.15, -0.1) is 0 Å². The Labute approximate surface area is 108 Å². The van der Waals surface area contributed by atoms with Crippen LogP contribution < -0.4 is 4.72 Å². The molecule has 5 heteroatoms. The van der Waals surface area contributed by atoms with Crippen molar-refractivity contribution in [3.05, 3.63) is 0 Å². The maximum Gasteiger partial charge on any atom is 0.212 e. The summed E-state index contributed by atoms with van der Waals surface area (Å²) in [7, 11) is -3.13. The molecule has 1 saturated carbocycles. The third-order valence-corrected chi connectivity index (χ3v) is 6.12. The number of sulfonamides is 1. The molecule has 1 aliphatic rings. The van der Waals surface area contributed by atoms with E-state index in [1.54, 1.807) is 0 Å². The predicted molar refractivity (Wildman–Crippen MR) is 71.4 cm³/mol. The van der Waals surface area contributed by atoms with Crippen LogP contribution in [0.2, 0.25) is 0 Å². The molecule has 0 aromatic rings. The molecule has 0 saturated heterocycles. The number of nitrogens with one attached hydrogen (secondary N) is 1. The molecular weight excluding hydrogens is 290 g/mol. The van der Waals surface area contributed by atoms with E-state index in [9.17, 15) is 8.42 Å². The van der Waals surface area contributed by atoms with Crippen molar-refractivity contribution in [1.29, 1.82) is 0 Å². The van der Waals surface area contributed by atoms with Crippen LogP contribution in [0.15, 0.2) is 0 Å². The average Bonchev–Trinajstić information content (AvgIpc) is 2.17. The maximum absolute atomic E-state index is 11.9. The molecule has 0 spiro atoms. The lowest BCUT2D eigenvalue weighted by Crippen LogP contribution is -2.46. The summed E-state index contributed by atoms with van der Waals surface area (Å²) in [5.74, 6) is 0.654. The van der Waals surface area contributed by atoms with Gasteiger partial charge in [0.05, 0.1) is 5.75 Å². The molecule has 0 unspecified atom stereocenters. The van der Waals surface area contributed by atoms with Crippen LogP contribution in [0, 0.1) is 5.92 Å². The smallest absolute Gasteiger partial charge is 0.212 e. The van der Waals surface area contributed by atoms with E-state index in [0.717, 1.165) is 12.8 Å². The Hall–Kier alpha value is 0.390. The van der Waals surface area contributed by atoms with Crippen LogP contribution in [0.4, 0.5) is 0 Å². The molecule has 0 heterocycles. The van der Waals surface area contributed by atoms with Crippen molar-refractivity contribution in [3.8, 4) is 0 Å². The van der Waals surface area contributed by atoms with E-state index in [-0.39, 0.29) is 0 Å². The lowest BCUT2D eigenvalue weighted by Gasteiger charge is -2.26. The van der Waals surface area contributed by atoms with Gasteiger partial charge in [0, 0.05) is 10.9 Å². The number of halogens is 1. The molecule has 96 valence electrons. The van der Waals surface area contributed by atoms with Gasteiger partial charge in [-0.1, -0.05) is 35.2 Å². The predicted octanol–water partition coefficient (Wildman–Crippen LogP) is 2.66. The monoisotopic (exact) mass is 311 g/mol. The van der Waals surface area contributed by atoms with Crippen LogP contribution in [0.5, 0.6) is 0 Å². The first-order valence-electron chi connectivity index (χ1n) is 5.92. The Balaban J connectivity index is 2.50. The minimum Gasteiger partial charge on any atom is -0.212 e. The molecule has 16 heavy (non-hydrogen) atoms.